The number of aryl methyl sites for hydroxylation is 1. The van der Waals surface area contributed by atoms with Gasteiger partial charge in [-0.25, -0.2) is 0 Å². The largest absolute Gasteiger partial charge is 0.481 e. The molecule has 1 heterocycles. The first-order valence-corrected chi connectivity index (χ1v) is 6.56. The second-order valence-corrected chi connectivity index (χ2v) is 4.95. The molecule has 4 nitrogen and oxygen atoms in total. The van der Waals surface area contributed by atoms with Crippen LogP contribution in [0.25, 0.3) is 0 Å². The Bertz CT molecular complexity index is 537. The molecule has 0 atom stereocenters. The molecule has 94 valence electrons. The van der Waals surface area contributed by atoms with Gasteiger partial charge in [0.2, 0.25) is 0 Å². The number of thioether (sulfide) groups is 1. The molecule has 0 saturated heterocycles. The van der Waals surface area contributed by atoms with Crippen LogP contribution in [0, 0.1) is 6.92 Å². The number of carboxylic acid groups (broad SMARTS) is 1. The molecular weight excluding hydrogens is 248 g/mol. The first kappa shape index (κ1) is 12.7. The van der Waals surface area contributed by atoms with E-state index in [2.05, 4.69) is 5.10 Å². The lowest BCUT2D eigenvalue weighted by atomic mass is 10.2. The van der Waals surface area contributed by atoms with Crippen molar-refractivity contribution in [3.05, 3.63) is 47.7 Å². The molecule has 2 aromatic rings. The van der Waals surface area contributed by atoms with Gasteiger partial charge in [-0.15, -0.1) is 0 Å². The lowest BCUT2D eigenvalue weighted by Crippen LogP contribution is -2.05. The summed E-state index contributed by atoms with van der Waals surface area (Å²) < 4.78 is 1.85. The van der Waals surface area contributed by atoms with Crippen LogP contribution < -0.4 is 0 Å². The van der Waals surface area contributed by atoms with E-state index in [1.165, 1.54) is 11.8 Å². The Labute approximate surface area is 110 Å². The number of hydrogen-bond acceptors (Lipinski definition) is 3. The fourth-order valence-electron chi connectivity index (χ4n) is 1.64. The van der Waals surface area contributed by atoms with E-state index < -0.39 is 5.97 Å². The Morgan fingerprint density at radius 1 is 1.39 bits per heavy atom. The van der Waals surface area contributed by atoms with E-state index >= 15 is 0 Å². The molecule has 0 aliphatic carbocycles. The molecule has 0 bridgehead atoms. The summed E-state index contributed by atoms with van der Waals surface area (Å²) in [6, 6.07) is 11.9. The summed E-state index contributed by atoms with van der Waals surface area (Å²) in [6.45, 7) is 2.57. The fourth-order valence-corrected chi connectivity index (χ4v) is 2.42. The van der Waals surface area contributed by atoms with Crippen LogP contribution in [0.4, 0.5) is 0 Å². The maximum Gasteiger partial charge on any atom is 0.313 e. The average Bonchev–Trinajstić information content (AvgIpc) is 2.68. The van der Waals surface area contributed by atoms with Gasteiger partial charge in [-0.1, -0.05) is 42.1 Å². The van der Waals surface area contributed by atoms with Crippen LogP contribution in [0.3, 0.4) is 0 Å². The highest BCUT2D eigenvalue weighted by Gasteiger charge is 2.08. The topological polar surface area (TPSA) is 55.1 Å². The summed E-state index contributed by atoms with van der Waals surface area (Å²) in [6.07, 6.45) is 0. The van der Waals surface area contributed by atoms with Crippen LogP contribution in [0.5, 0.6) is 0 Å². The third-order valence-electron chi connectivity index (χ3n) is 2.38. The molecule has 2 rings (SSSR count). The van der Waals surface area contributed by atoms with E-state index in [9.17, 15) is 4.79 Å². The smallest absolute Gasteiger partial charge is 0.313 e. The molecule has 0 amide bonds. The number of rotatable bonds is 5. The predicted octanol–water partition coefficient (Wildman–Crippen LogP) is 2.42. The molecule has 5 heteroatoms. The van der Waals surface area contributed by atoms with Crippen molar-refractivity contribution in [3.8, 4) is 0 Å². The number of nitrogens with zero attached hydrogens (tertiary/aromatic N) is 2. The van der Waals surface area contributed by atoms with Crippen molar-refractivity contribution < 1.29 is 9.90 Å². The first-order valence-electron chi connectivity index (χ1n) is 5.58. The first-order chi connectivity index (χ1) is 8.65. The summed E-state index contributed by atoms with van der Waals surface area (Å²) in [7, 11) is 0. The molecule has 0 saturated carbocycles. The number of hydrogen-bond donors (Lipinski definition) is 1. The average molecular weight is 262 g/mol. The summed E-state index contributed by atoms with van der Waals surface area (Å²) in [5.41, 5.74) is 2.05. The van der Waals surface area contributed by atoms with E-state index in [1.54, 1.807) is 0 Å². The highest BCUT2D eigenvalue weighted by molar-refractivity contribution is 7.99. The van der Waals surface area contributed by atoms with Crippen molar-refractivity contribution in [2.75, 3.05) is 5.75 Å². The molecule has 0 spiro atoms. The minimum atomic E-state index is -0.815. The quantitative estimate of drug-likeness (QED) is 0.841. The van der Waals surface area contributed by atoms with Gasteiger partial charge in [-0.2, -0.15) is 5.10 Å². The van der Waals surface area contributed by atoms with Gasteiger partial charge in [0.15, 0.2) is 0 Å². The van der Waals surface area contributed by atoms with Crippen LogP contribution in [0.2, 0.25) is 0 Å². The van der Waals surface area contributed by atoms with E-state index in [0.717, 1.165) is 16.3 Å². The van der Waals surface area contributed by atoms with E-state index in [4.69, 9.17) is 5.11 Å². The molecule has 0 unspecified atom stereocenters. The van der Waals surface area contributed by atoms with Gasteiger partial charge in [0.05, 0.1) is 23.0 Å². The Balaban J connectivity index is 2.14. The molecule has 0 radical (unpaired) electrons. The third-order valence-corrected chi connectivity index (χ3v) is 3.40. The van der Waals surface area contributed by atoms with E-state index in [0.29, 0.717) is 6.54 Å². The van der Waals surface area contributed by atoms with Crippen LogP contribution in [0.15, 0.2) is 41.4 Å². The molecule has 18 heavy (non-hydrogen) atoms. The third kappa shape index (κ3) is 3.37. The van der Waals surface area contributed by atoms with E-state index in [-0.39, 0.29) is 5.75 Å². The summed E-state index contributed by atoms with van der Waals surface area (Å²) in [4.78, 5) is 10.6. The van der Waals surface area contributed by atoms with Crippen molar-refractivity contribution in [1.82, 2.24) is 9.78 Å². The predicted molar refractivity (Wildman–Crippen MR) is 70.9 cm³/mol. The molecule has 0 aliphatic rings. The lowest BCUT2D eigenvalue weighted by Gasteiger charge is -2.06. The Hall–Kier alpha value is -1.75. The molecular formula is C13H14N2O2S. The van der Waals surface area contributed by atoms with E-state index in [1.807, 2.05) is 48.0 Å². The Morgan fingerprint density at radius 2 is 2.11 bits per heavy atom. The zero-order valence-corrected chi connectivity index (χ0v) is 10.9. The maximum atomic E-state index is 10.6. The Kier molecular flexibility index (Phi) is 4.04. The van der Waals surface area contributed by atoms with Crippen LogP contribution in [-0.4, -0.2) is 26.6 Å². The summed E-state index contributed by atoms with van der Waals surface area (Å²) >= 11 is 1.30. The van der Waals surface area contributed by atoms with Gasteiger partial charge in [0, 0.05) is 0 Å². The highest BCUT2D eigenvalue weighted by atomic mass is 32.2. The normalized spacial score (nSPS) is 10.5. The fraction of sp³-hybridized carbons (Fsp3) is 0.231. The highest BCUT2D eigenvalue weighted by Crippen LogP contribution is 2.20. The summed E-state index contributed by atoms with van der Waals surface area (Å²) in [5, 5.41) is 14.0. The molecule has 1 N–H and O–H groups in total. The minimum absolute atomic E-state index is 0.0555. The zero-order valence-electron chi connectivity index (χ0n) is 10.0. The second kappa shape index (κ2) is 5.73. The zero-order chi connectivity index (χ0) is 13.0. The lowest BCUT2D eigenvalue weighted by molar-refractivity contribution is -0.133. The second-order valence-electron chi connectivity index (χ2n) is 3.95. The minimum Gasteiger partial charge on any atom is -0.481 e. The standard InChI is InChI=1S/C13H14N2O2S/c1-10-7-12(18-9-13(16)17)15(14-10)8-11-5-3-2-4-6-11/h2-7H,8-9H2,1H3,(H,16,17). The van der Waals surface area contributed by atoms with Crippen LogP contribution in [0.1, 0.15) is 11.3 Å². The summed E-state index contributed by atoms with van der Waals surface area (Å²) in [5.74, 6) is -0.759. The van der Waals surface area contributed by atoms with Crippen molar-refractivity contribution in [3.63, 3.8) is 0 Å². The maximum absolute atomic E-state index is 10.6. The molecule has 0 aliphatic heterocycles. The van der Waals surface area contributed by atoms with Gasteiger partial charge in [0.1, 0.15) is 0 Å². The van der Waals surface area contributed by atoms with Crippen molar-refractivity contribution >= 4 is 17.7 Å². The number of aromatic nitrogens is 2. The SMILES string of the molecule is Cc1cc(SCC(=O)O)n(Cc2ccccc2)n1. The van der Waals surface area contributed by atoms with Crippen LogP contribution in [-0.2, 0) is 11.3 Å². The van der Waals surface area contributed by atoms with Gasteiger partial charge < -0.3 is 5.11 Å². The Morgan fingerprint density at radius 3 is 2.78 bits per heavy atom. The van der Waals surface area contributed by atoms with Gasteiger partial charge in [-0.05, 0) is 18.6 Å². The van der Waals surface area contributed by atoms with Gasteiger partial charge in [0.25, 0.3) is 0 Å². The number of aliphatic carboxylic acids is 1. The number of benzene rings is 1. The van der Waals surface area contributed by atoms with Crippen LogP contribution >= 0.6 is 11.8 Å². The van der Waals surface area contributed by atoms with Gasteiger partial charge >= 0.3 is 5.97 Å². The number of carboxylic acids is 1. The van der Waals surface area contributed by atoms with Crippen molar-refractivity contribution in [2.45, 2.75) is 18.5 Å². The molecule has 0 fully saturated rings. The number of carbonyl (C=O) groups is 1. The van der Waals surface area contributed by atoms with Crippen molar-refractivity contribution in [1.29, 1.82) is 0 Å². The molecule has 1 aromatic carbocycles. The van der Waals surface area contributed by atoms with Gasteiger partial charge in [-0.3, -0.25) is 9.48 Å². The monoisotopic (exact) mass is 262 g/mol. The van der Waals surface area contributed by atoms with Crippen molar-refractivity contribution in [2.24, 2.45) is 0 Å². The molecule has 1 aromatic heterocycles.